The van der Waals surface area contributed by atoms with Gasteiger partial charge in [-0.1, -0.05) is 18.2 Å². The molecule has 3 rings (SSSR count). The van der Waals surface area contributed by atoms with Gasteiger partial charge in [-0.2, -0.15) is 0 Å². The van der Waals surface area contributed by atoms with E-state index in [1.807, 2.05) is 24.3 Å². The number of rotatable bonds is 2. The number of hydrogen-bond acceptors (Lipinski definition) is 3. The molecule has 0 saturated carbocycles. The van der Waals surface area contributed by atoms with Gasteiger partial charge in [-0.25, -0.2) is 4.79 Å². The Hall–Kier alpha value is -2.62. The van der Waals surface area contributed by atoms with Gasteiger partial charge in [0.1, 0.15) is 5.75 Å². The second-order valence-electron chi connectivity index (χ2n) is 4.18. The maximum absolute atomic E-state index is 11.0. The molecule has 0 fully saturated rings. The first-order chi connectivity index (χ1) is 9.22. The van der Waals surface area contributed by atoms with Crippen molar-refractivity contribution in [1.82, 2.24) is 4.98 Å². The summed E-state index contributed by atoms with van der Waals surface area (Å²) in [6.07, 6.45) is 2.91. The fourth-order valence-corrected chi connectivity index (χ4v) is 2.42. The fraction of sp³-hybridized carbons (Fsp3) is 0.0667. The molecule has 1 N–H and O–H groups in total. The Kier molecular flexibility index (Phi) is 2.56. The third-order valence-electron chi connectivity index (χ3n) is 3.14. The van der Waals surface area contributed by atoms with Crippen LogP contribution in [0.1, 0.15) is 11.1 Å². The molecule has 0 spiro atoms. The van der Waals surface area contributed by atoms with Gasteiger partial charge in [-0.15, -0.1) is 0 Å². The van der Waals surface area contributed by atoms with Gasteiger partial charge in [0.05, 0.1) is 18.4 Å². The molecule has 1 aliphatic rings. The van der Waals surface area contributed by atoms with Gasteiger partial charge in [0, 0.05) is 17.8 Å². The lowest BCUT2D eigenvalue weighted by Crippen LogP contribution is -1.91. The van der Waals surface area contributed by atoms with Crippen LogP contribution in [0, 0.1) is 0 Å². The maximum Gasteiger partial charge on any atom is 0.328 e. The second-order valence-corrected chi connectivity index (χ2v) is 4.18. The first-order valence-corrected chi connectivity index (χ1v) is 5.80. The number of aromatic nitrogens is 1. The first-order valence-electron chi connectivity index (χ1n) is 5.80. The number of fused-ring (bicyclic) bond motifs is 3. The summed E-state index contributed by atoms with van der Waals surface area (Å²) in [6.45, 7) is 0. The van der Waals surface area contributed by atoms with E-state index in [0.717, 1.165) is 22.4 Å². The van der Waals surface area contributed by atoms with Crippen molar-refractivity contribution in [1.29, 1.82) is 0 Å². The standard InChI is InChI=1S/C15H11NO3/c1-19-12-6-2-4-9-11(8-13(17)18)10-5-3-7-16-15(10)14(9)12/h2-8H,1H3,(H,17,18)/b11-8-. The number of ether oxygens (including phenoxy) is 1. The van der Waals surface area contributed by atoms with E-state index in [1.54, 1.807) is 19.4 Å². The molecule has 0 aliphatic heterocycles. The molecule has 0 atom stereocenters. The third kappa shape index (κ3) is 1.69. The van der Waals surface area contributed by atoms with E-state index in [1.165, 1.54) is 6.08 Å². The minimum atomic E-state index is -0.972. The Labute approximate surface area is 110 Å². The summed E-state index contributed by atoms with van der Waals surface area (Å²) in [5, 5.41) is 9.02. The average molecular weight is 253 g/mol. The summed E-state index contributed by atoms with van der Waals surface area (Å²) < 4.78 is 5.35. The molecule has 1 aromatic heterocycles. The number of methoxy groups -OCH3 is 1. The van der Waals surface area contributed by atoms with Crippen LogP contribution < -0.4 is 4.74 Å². The minimum Gasteiger partial charge on any atom is -0.496 e. The molecule has 0 radical (unpaired) electrons. The van der Waals surface area contributed by atoms with Crippen molar-refractivity contribution in [3.63, 3.8) is 0 Å². The van der Waals surface area contributed by atoms with E-state index in [0.29, 0.717) is 11.3 Å². The van der Waals surface area contributed by atoms with Gasteiger partial charge < -0.3 is 9.84 Å². The normalized spacial score (nSPS) is 14.1. The van der Waals surface area contributed by atoms with Gasteiger partial charge in [-0.3, -0.25) is 4.98 Å². The summed E-state index contributed by atoms with van der Waals surface area (Å²) in [4.78, 5) is 15.4. The molecule has 94 valence electrons. The number of carboxylic acid groups (broad SMARTS) is 1. The zero-order chi connectivity index (χ0) is 13.4. The summed E-state index contributed by atoms with van der Waals surface area (Å²) in [7, 11) is 1.59. The van der Waals surface area contributed by atoms with Crippen LogP contribution >= 0.6 is 0 Å². The Bertz CT molecular complexity index is 704. The predicted molar refractivity (Wildman–Crippen MR) is 70.9 cm³/mol. The van der Waals surface area contributed by atoms with Crippen LogP contribution in [-0.2, 0) is 4.79 Å². The number of nitrogens with zero attached hydrogens (tertiary/aromatic N) is 1. The van der Waals surface area contributed by atoms with Crippen LogP contribution in [0.15, 0.2) is 42.6 Å². The van der Waals surface area contributed by atoms with Crippen LogP contribution in [0.4, 0.5) is 0 Å². The van der Waals surface area contributed by atoms with Crippen molar-refractivity contribution < 1.29 is 14.6 Å². The molecular weight excluding hydrogens is 242 g/mol. The topological polar surface area (TPSA) is 59.4 Å². The molecule has 1 aliphatic carbocycles. The Morgan fingerprint density at radius 1 is 1.26 bits per heavy atom. The molecule has 1 aromatic carbocycles. The van der Waals surface area contributed by atoms with Crippen molar-refractivity contribution >= 4 is 11.5 Å². The molecule has 4 heteroatoms. The number of carbonyl (C=O) groups is 1. The smallest absolute Gasteiger partial charge is 0.328 e. The molecule has 0 amide bonds. The number of benzene rings is 1. The Balaban J connectivity index is 2.37. The lowest BCUT2D eigenvalue weighted by molar-refractivity contribution is -0.131. The summed E-state index contributed by atoms with van der Waals surface area (Å²) in [5.74, 6) is -0.272. The fourth-order valence-electron chi connectivity index (χ4n) is 2.42. The van der Waals surface area contributed by atoms with Gasteiger partial charge in [0.2, 0.25) is 0 Å². The summed E-state index contributed by atoms with van der Waals surface area (Å²) >= 11 is 0. The van der Waals surface area contributed by atoms with Crippen LogP contribution in [0.3, 0.4) is 0 Å². The average Bonchev–Trinajstić information content (AvgIpc) is 2.73. The van der Waals surface area contributed by atoms with Crippen molar-refractivity contribution in [3.05, 3.63) is 53.7 Å². The summed E-state index contributed by atoms with van der Waals surface area (Å²) in [6, 6.07) is 9.25. The Morgan fingerprint density at radius 3 is 2.79 bits per heavy atom. The summed E-state index contributed by atoms with van der Waals surface area (Å²) in [5.41, 5.74) is 3.96. The van der Waals surface area contributed by atoms with Gasteiger partial charge >= 0.3 is 5.97 Å². The van der Waals surface area contributed by atoms with Crippen molar-refractivity contribution in [2.45, 2.75) is 0 Å². The van der Waals surface area contributed by atoms with E-state index in [-0.39, 0.29) is 0 Å². The van der Waals surface area contributed by atoms with Crippen molar-refractivity contribution in [3.8, 4) is 17.0 Å². The highest BCUT2D eigenvalue weighted by Gasteiger charge is 2.27. The molecular formula is C15H11NO3. The van der Waals surface area contributed by atoms with E-state index >= 15 is 0 Å². The molecule has 0 unspecified atom stereocenters. The predicted octanol–water partition coefficient (Wildman–Crippen LogP) is 2.59. The lowest BCUT2D eigenvalue weighted by Gasteiger charge is -2.06. The van der Waals surface area contributed by atoms with Gasteiger partial charge in [0.15, 0.2) is 0 Å². The first kappa shape index (κ1) is 11.5. The van der Waals surface area contributed by atoms with Gasteiger partial charge in [-0.05, 0) is 23.3 Å². The van der Waals surface area contributed by atoms with Crippen LogP contribution in [-0.4, -0.2) is 23.2 Å². The van der Waals surface area contributed by atoms with Crippen LogP contribution in [0.2, 0.25) is 0 Å². The van der Waals surface area contributed by atoms with Crippen molar-refractivity contribution in [2.24, 2.45) is 0 Å². The molecule has 4 nitrogen and oxygen atoms in total. The number of carboxylic acids is 1. The highest BCUT2D eigenvalue weighted by atomic mass is 16.5. The minimum absolute atomic E-state index is 0.671. The SMILES string of the molecule is COc1cccc2c1-c1ncccc1/C2=C\C(=O)O. The van der Waals surface area contributed by atoms with E-state index in [2.05, 4.69) is 4.98 Å². The zero-order valence-corrected chi connectivity index (χ0v) is 10.3. The third-order valence-corrected chi connectivity index (χ3v) is 3.14. The van der Waals surface area contributed by atoms with Gasteiger partial charge in [0.25, 0.3) is 0 Å². The largest absolute Gasteiger partial charge is 0.496 e. The van der Waals surface area contributed by atoms with Crippen LogP contribution in [0.5, 0.6) is 5.75 Å². The highest BCUT2D eigenvalue weighted by Crippen LogP contribution is 2.47. The number of pyridine rings is 1. The number of hydrogen-bond donors (Lipinski definition) is 1. The maximum atomic E-state index is 11.0. The zero-order valence-electron chi connectivity index (χ0n) is 10.3. The van der Waals surface area contributed by atoms with E-state index in [9.17, 15) is 4.79 Å². The Morgan fingerprint density at radius 2 is 2.05 bits per heavy atom. The molecule has 19 heavy (non-hydrogen) atoms. The molecule has 1 heterocycles. The molecule has 2 aromatic rings. The highest BCUT2D eigenvalue weighted by molar-refractivity contribution is 6.06. The lowest BCUT2D eigenvalue weighted by atomic mass is 10.0. The van der Waals surface area contributed by atoms with Crippen molar-refractivity contribution in [2.75, 3.05) is 7.11 Å². The number of aliphatic carboxylic acids is 1. The molecule has 0 saturated heterocycles. The van der Waals surface area contributed by atoms with Crippen LogP contribution in [0.25, 0.3) is 16.8 Å². The second kappa shape index (κ2) is 4.24. The van der Waals surface area contributed by atoms with E-state index in [4.69, 9.17) is 9.84 Å². The monoisotopic (exact) mass is 253 g/mol. The quantitative estimate of drug-likeness (QED) is 0.713. The molecule has 0 bridgehead atoms. The van der Waals surface area contributed by atoms with E-state index < -0.39 is 5.97 Å².